The maximum absolute atomic E-state index is 11.2. The second-order valence-corrected chi connectivity index (χ2v) is 3.12. The van der Waals surface area contributed by atoms with Crippen molar-refractivity contribution in [3.8, 4) is 0 Å². The zero-order chi connectivity index (χ0) is 10.8. The summed E-state index contributed by atoms with van der Waals surface area (Å²) < 4.78 is 4.74. The quantitative estimate of drug-likeness (QED) is 0.341. The molecule has 0 aliphatic heterocycles. The third-order valence-corrected chi connectivity index (χ3v) is 1.82. The molecule has 0 atom stereocenters. The maximum atomic E-state index is 11.2. The Morgan fingerprint density at radius 2 is 1.93 bits per heavy atom. The largest absolute Gasteiger partial charge is 0.463 e. The van der Waals surface area contributed by atoms with Gasteiger partial charge in [0.25, 0.3) is 0 Å². The first-order valence-corrected chi connectivity index (χ1v) is 5.01. The Labute approximate surface area is 85.1 Å². The number of hydrogen-bond acceptors (Lipinski definition) is 3. The van der Waals surface area contributed by atoms with E-state index >= 15 is 0 Å². The highest BCUT2D eigenvalue weighted by Gasteiger charge is 2.01. The van der Waals surface area contributed by atoms with E-state index in [4.69, 9.17) is 4.74 Å². The average molecular weight is 198 g/mol. The molecule has 0 aliphatic carbocycles. The minimum atomic E-state index is -0.425. The van der Waals surface area contributed by atoms with Gasteiger partial charge < -0.3 is 4.74 Å². The summed E-state index contributed by atoms with van der Waals surface area (Å²) in [5.74, 6) is -0.174. The van der Waals surface area contributed by atoms with E-state index in [1.54, 1.807) is 0 Å². The van der Waals surface area contributed by atoms with E-state index in [-0.39, 0.29) is 5.78 Å². The van der Waals surface area contributed by atoms with Crippen molar-refractivity contribution in [3.63, 3.8) is 0 Å². The second kappa shape index (κ2) is 8.48. The molecule has 0 radical (unpaired) electrons. The Morgan fingerprint density at radius 1 is 1.29 bits per heavy atom. The first-order chi connectivity index (χ1) is 6.70. The smallest absolute Gasteiger partial charge is 0.330 e. The van der Waals surface area contributed by atoms with E-state index in [9.17, 15) is 9.59 Å². The van der Waals surface area contributed by atoms with Crippen molar-refractivity contribution in [1.82, 2.24) is 0 Å². The number of rotatable bonds is 8. The second-order valence-electron chi connectivity index (χ2n) is 3.12. The van der Waals surface area contributed by atoms with Crippen molar-refractivity contribution in [1.29, 1.82) is 0 Å². The standard InChI is InChI=1S/C11H18O3/c1-3-5-7-10(12)8-6-9-14-11(13)4-2/h4H,2-3,5-9H2,1H3. The van der Waals surface area contributed by atoms with Gasteiger partial charge in [0.15, 0.2) is 0 Å². The van der Waals surface area contributed by atoms with E-state index in [0.717, 1.165) is 18.9 Å². The molecule has 0 N–H and O–H groups in total. The minimum absolute atomic E-state index is 0.251. The minimum Gasteiger partial charge on any atom is -0.463 e. The van der Waals surface area contributed by atoms with Gasteiger partial charge in [-0.3, -0.25) is 4.79 Å². The molecular weight excluding hydrogens is 180 g/mol. The Hall–Kier alpha value is -1.12. The lowest BCUT2D eigenvalue weighted by Gasteiger charge is -2.01. The van der Waals surface area contributed by atoms with Gasteiger partial charge in [-0.05, 0) is 12.8 Å². The summed E-state index contributed by atoms with van der Waals surface area (Å²) in [5.41, 5.74) is 0. The lowest BCUT2D eigenvalue weighted by Crippen LogP contribution is -2.04. The molecule has 80 valence electrons. The molecule has 0 saturated heterocycles. The van der Waals surface area contributed by atoms with Gasteiger partial charge in [-0.2, -0.15) is 0 Å². The van der Waals surface area contributed by atoms with Gasteiger partial charge in [-0.25, -0.2) is 4.79 Å². The van der Waals surface area contributed by atoms with E-state index in [1.807, 2.05) is 0 Å². The highest BCUT2D eigenvalue weighted by molar-refractivity contribution is 5.81. The molecule has 0 bridgehead atoms. The van der Waals surface area contributed by atoms with Crippen LogP contribution >= 0.6 is 0 Å². The Balaban J connectivity index is 3.31. The van der Waals surface area contributed by atoms with E-state index in [1.165, 1.54) is 0 Å². The van der Waals surface area contributed by atoms with Gasteiger partial charge in [-0.15, -0.1) is 0 Å². The van der Waals surface area contributed by atoms with Gasteiger partial charge in [-0.1, -0.05) is 19.9 Å². The van der Waals surface area contributed by atoms with Crippen LogP contribution in [0.25, 0.3) is 0 Å². The molecule has 0 aliphatic rings. The van der Waals surface area contributed by atoms with E-state index < -0.39 is 5.97 Å². The molecule has 0 aromatic rings. The van der Waals surface area contributed by atoms with Crippen LogP contribution in [0, 0.1) is 0 Å². The van der Waals surface area contributed by atoms with Crippen LogP contribution in [0.1, 0.15) is 39.0 Å². The van der Waals surface area contributed by atoms with Gasteiger partial charge >= 0.3 is 5.97 Å². The highest BCUT2D eigenvalue weighted by atomic mass is 16.5. The van der Waals surface area contributed by atoms with Crippen LogP contribution in [-0.4, -0.2) is 18.4 Å². The van der Waals surface area contributed by atoms with Crippen LogP contribution in [0.3, 0.4) is 0 Å². The summed E-state index contributed by atoms with van der Waals surface area (Å²) in [6, 6.07) is 0. The van der Waals surface area contributed by atoms with Crippen molar-refractivity contribution >= 4 is 11.8 Å². The summed E-state index contributed by atoms with van der Waals surface area (Å²) in [5, 5.41) is 0. The molecule has 0 aromatic carbocycles. The lowest BCUT2D eigenvalue weighted by atomic mass is 10.1. The Bertz CT molecular complexity index is 197. The van der Waals surface area contributed by atoms with Crippen molar-refractivity contribution in [2.75, 3.05) is 6.61 Å². The number of ether oxygens (including phenoxy) is 1. The normalized spacial score (nSPS) is 9.50. The summed E-state index contributed by atoms with van der Waals surface area (Å²) in [7, 11) is 0. The third-order valence-electron chi connectivity index (χ3n) is 1.82. The molecular formula is C11H18O3. The van der Waals surface area contributed by atoms with Gasteiger partial charge in [0.05, 0.1) is 6.61 Å². The van der Waals surface area contributed by atoms with E-state index in [2.05, 4.69) is 13.5 Å². The van der Waals surface area contributed by atoms with Crippen LogP contribution in [0.4, 0.5) is 0 Å². The fourth-order valence-corrected chi connectivity index (χ4v) is 1.000. The number of esters is 1. The third kappa shape index (κ3) is 7.53. The fourth-order valence-electron chi connectivity index (χ4n) is 1.000. The molecule has 3 nitrogen and oxygen atoms in total. The molecule has 0 unspecified atom stereocenters. The van der Waals surface area contributed by atoms with Gasteiger partial charge in [0.2, 0.25) is 0 Å². The van der Waals surface area contributed by atoms with Gasteiger partial charge in [0, 0.05) is 18.9 Å². The van der Waals surface area contributed by atoms with Crippen molar-refractivity contribution in [3.05, 3.63) is 12.7 Å². The molecule has 0 rings (SSSR count). The molecule has 0 amide bonds. The number of ketones is 1. The summed E-state index contributed by atoms with van der Waals surface area (Å²) in [6.07, 6.45) is 4.87. The number of carbonyl (C=O) groups excluding carboxylic acids is 2. The van der Waals surface area contributed by atoms with Crippen LogP contribution in [-0.2, 0) is 14.3 Å². The Morgan fingerprint density at radius 3 is 2.50 bits per heavy atom. The number of unbranched alkanes of at least 4 members (excludes halogenated alkanes) is 1. The fraction of sp³-hybridized carbons (Fsp3) is 0.636. The van der Waals surface area contributed by atoms with Crippen molar-refractivity contribution in [2.45, 2.75) is 39.0 Å². The van der Waals surface area contributed by atoms with Crippen molar-refractivity contribution < 1.29 is 14.3 Å². The molecule has 3 heteroatoms. The molecule has 0 spiro atoms. The molecule has 0 saturated carbocycles. The SMILES string of the molecule is C=CC(=O)OCCCC(=O)CCCC. The van der Waals surface area contributed by atoms with E-state index in [0.29, 0.717) is 25.9 Å². The Kier molecular flexibility index (Phi) is 7.80. The average Bonchev–Trinajstić information content (AvgIpc) is 2.21. The number of Topliss-reactive ketones (excluding diaryl/α,β-unsaturated/α-hetero) is 1. The predicted octanol–water partition coefficient (Wildman–Crippen LogP) is 2.26. The molecule has 0 fully saturated rings. The lowest BCUT2D eigenvalue weighted by molar-refractivity contribution is -0.138. The summed E-state index contributed by atoms with van der Waals surface area (Å²) >= 11 is 0. The zero-order valence-electron chi connectivity index (χ0n) is 8.75. The molecule has 0 aromatic heterocycles. The van der Waals surface area contributed by atoms with Crippen molar-refractivity contribution in [2.24, 2.45) is 0 Å². The summed E-state index contributed by atoms with van der Waals surface area (Å²) in [4.78, 5) is 21.8. The topological polar surface area (TPSA) is 43.4 Å². The maximum Gasteiger partial charge on any atom is 0.330 e. The summed E-state index contributed by atoms with van der Waals surface area (Å²) in [6.45, 7) is 5.64. The first kappa shape index (κ1) is 12.9. The number of hydrogen-bond donors (Lipinski definition) is 0. The highest BCUT2D eigenvalue weighted by Crippen LogP contribution is 2.01. The van der Waals surface area contributed by atoms with Crippen LogP contribution in [0.2, 0.25) is 0 Å². The zero-order valence-corrected chi connectivity index (χ0v) is 8.75. The van der Waals surface area contributed by atoms with Crippen LogP contribution < -0.4 is 0 Å². The number of carbonyl (C=O) groups is 2. The molecule has 0 heterocycles. The van der Waals surface area contributed by atoms with Crippen LogP contribution in [0.15, 0.2) is 12.7 Å². The molecule has 14 heavy (non-hydrogen) atoms. The van der Waals surface area contributed by atoms with Crippen LogP contribution in [0.5, 0.6) is 0 Å². The predicted molar refractivity (Wildman–Crippen MR) is 54.9 cm³/mol. The first-order valence-electron chi connectivity index (χ1n) is 5.01. The monoisotopic (exact) mass is 198 g/mol. The van der Waals surface area contributed by atoms with Gasteiger partial charge in [0.1, 0.15) is 5.78 Å².